The van der Waals surface area contributed by atoms with E-state index < -0.39 is 5.97 Å². The Labute approximate surface area is 137 Å². The minimum atomic E-state index is -0.673. The summed E-state index contributed by atoms with van der Waals surface area (Å²) in [7, 11) is 0. The third kappa shape index (κ3) is 18.9. The summed E-state index contributed by atoms with van der Waals surface area (Å²) in [5.74, 6) is -0.673. The van der Waals surface area contributed by atoms with Gasteiger partial charge in [-0.25, -0.2) is 0 Å². The molecule has 0 aliphatic rings. The lowest BCUT2D eigenvalue weighted by atomic mass is 10.1. The lowest BCUT2D eigenvalue weighted by Gasteiger charge is -1.97. The highest BCUT2D eigenvalue weighted by Gasteiger charge is 1.95. The van der Waals surface area contributed by atoms with Gasteiger partial charge >= 0.3 is 5.97 Å². The first-order chi connectivity index (χ1) is 10.8. The molecular formula is C20H36O2. The number of hydrogen-bond donors (Lipinski definition) is 1. The Morgan fingerprint density at radius 2 is 1.23 bits per heavy atom. The number of carbonyl (C=O) groups is 1. The predicted octanol–water partition coefficient (Wildman–Crippen LogP) is 6.66. The van der Waals surface area contributed by atoms with Crippen molar-refractivity contribution in [2.75, 3.05) is 0 Å². The topological polar surface area (TPSA) is 37.3 Å². The van der Waals surface area contributed by atoms with Crippen molar-refractivity contribution in [2.45, 2.75) is 96.8 Å². The zero-order valence-corrected chi connectivity index (χ0v) is 14.6. The average molecular weight is 309 g/mol. The van der Waals surface area contributed by atoms with Gasteiger partial charge in [-0.05, 0) is 38.5 Å². The van der Waals surface area contributed by atoms with Crippen molar-refractivity contribution >= 4 is 5.97 Å². The Bertz CT molecular complexity index is 292. The molecule has 0 amide bonds. The van der Waals surface area contributed by atoms with Gasteiger partial charge in [0.25, 0.3) is 0 Å². The van der Waals surface area contributed by atoms with Gasteiger partial charge in [-0.15, -0.1) is 0 Å². The summed E-state index contributed by atoms with van der Waals surface area (Å²) < 4.78 is 0. The molecule has 0 unspecified atom stereocenters. The molecule has 0 aromatic carbocycles. The number of rotatable bonds is 16. The van der Waals surface area contributed by atoms with Gasteiger partial charge in [-0.1, -0.05) is 76.2 Å². The Hall–Kier alpha value is -1.05. The van der Waals surface area contributed by atoms with Gasteiger partial charge in [-0.2, -0.15) is 0 Å². The van der Waals surface area contributed by atoms with E-state index in [1.165, 1.54) is 51.4 Å². The first-order valence-corrected chi connectivity index (χ1v) is 9.29. The van der Waals surface area contributed by atoms with E-state index in [0.717, 1.165) is 32.1 Å². The van der Waals surface area contributed by atoms with E-state index >= 15 is 0 Å². The van der Waals surface area contributed by atoms with Gasteiger partial charge < -0.3 is 5.11 Å². The van der Waals surface area contributed by atoms with Crippen LogP contribution in [0.5, 0.6) is 0 Å². The monoisotopic (exact) mass is 308 g/mol. The van der Waals surface area contributed by atoms with Crippen molar-refractivity contribution in [1.82, 2.24) is 0 Å². The van der Waals surface area contributed by atoms with Crippen molar-refractivity contribution in [3.63, 3.8) is 0 Å². The third-order valence-corrected chi connectivity index (χ3v) is 3.84. The standard InChI is InChI=1S/C20H36O2/c1-2-3-4-5-6-7-8-9-10-11-12-13-14-15-16-17-18-19-20(21)22/h9-10,12-13H,2-8,11,14-19H2,1H3,(H,21,22)/b10-9+,13-12+. The summed E-state index contributed by atoms with van der Waals surface area (Å²) in [5, 5.41) is 8.52. The number of carboxylic acids is 1. The van der Waals surface area contributed by atoms with Crippen LogP contribution in [0.2, 0.25) is 0 Å². The van der Waals surface area contributed by atoms with Crippen LogP contribution < -0.4 is 0 Å². The van der Waals surface area contributed by atoms with E-state index in [1.54, 1.807) is 0 Å². The van der Waals surface area contributed by atoms with E-state index in [4.69, 9.17) is 5.11 Å². The molecule has 128 valence electrons. The van der Waals surface area contributed by atoms with Crippen LogP contribution in [0, 0.1) is 0 Å². The molecule has 0 fully saturated rings. The van der Waals surface area contributed by atoms with Gasteiger partial charge in [0.2, 0.25) is 0 Å². The van der Waals surface area contributed by atoms with Gasteiger partial charge in [-0.3, -0.25) is 4.79 Å². The van der Waals surface area contributed by atoms with Crippen LogP contribution in [0.25, 0.3) is 0 Å². The fourth-order valence-corrected chi connectivity index (χ4v) is 2.44. The summed E-state index contributed by atoms with van der Waals surface area (Å²) in [6.45, 7) is 2.26. The van der Waals surface area contributed by atoms with E-state index in [2.05, 4.69) is 31.2 Å². The Balaban J connectivity index is 3.19. The molecule has 0 radical (unpaired) electrons. The van der Waals surface area contributed by atoms with Crippen LogP contribution in [0.3, 0.4) is 0 Å². The normalized spacial score (nSPS) is 11.7. The minimum Gasteiger partial charge on any atom is -0.481 e. The molecule has 1 N–H and O–H groups in total. The number of allylic oxidation sites excluding steroid dienone is 4. The molecule has 0 aliphatic heterocycles. The molecule has 0 saturated carbocycles. The average Bonchev–Trinajstić information content (AvgIpc) is 2.50. The van der Waals surface area contributed by atoms with Crippen LogP contribution in [0.4, 0.5) is 0 Å². The van der Waals surface area contributed by atoms with Crippen molar-refractivity contribution < 1.29 is 9.90 Å². The summed E-state index contributed by atoms with van der Waals surface area (Å²) >= 11 is 0. The van der Waals surface area contributed by atoms with Crippen molar-refractivity contribution in [3.05, 3.63) is 24.3 Å². The largest absolute Gasteiger partial charge is 0.481 e. The predicted molar refractivity (Wildman–Crippen MR) is 96.2 cm³/mol. The van der Waals surface area contributed by atoms with Crippen LogP contribution in [-0.4, -0.2) is 11.1 Å². The number of aliphatic carboxylic acids is 1. The molecular weight excluding hydrogens is 272 g/mol. The number of hydrogen-bond acceptors (Lipinski definition) is 1. The number of carboxylic acid groups (broad SMARTS) is 1. The molecule has 0 rings (SSSR count). The summed E-state index contributed by atoms with van der Waals surface area (Å²) in [6.07, 6.45) is 25.2. The highest BCUT2D eigenvalue weighted by Crippen LogP contribution is 2.08. The van der Waals surface area contributed by atoms with Gasteiger partial charge in [0, 0.05) is 6.42 Å². The first kappa shape index (κ1) is 20.9. The van der Waals surface area contributed by atoms with Crippen LogP contribution in [0.1, 0.15) is 96.8 Å². The maximum absolute atomic E-state index is 10.3. The molecule has 0 aromatic heterocycles. The minimum absolute atomic E-state index is 0.319. The second-order valence-corrected chi connectivity index (χ2v) is 6.08. The van der Waals surface area contributed by atoms with Gasteiger partial charge in [0.05, 0.1) is 0 Å². The highest BCUT2D eigenvalue weighted by molar-refractivity contribution is 5.66. The van der Waals surface area contributed by atoms with Gasteiger partial charge in [0.15, 0.2) is 0 Å². The van der Waals surface area contributed by atoms with E-state index in [-0.39, 0.29) is 0 Å². The van der Waals surface area contributed by atoms with Crippen LogP contribution >= 0.6 is 0 Å². The highest BCUT2D eigenvalue weighted by atomic mass is 16.4. The van der Waals surface area contributed by atoms with Gasteiger partial charge in [0.1, 0.15) is 0 Å². The quantitative estimate of drug-likeness (QED) is 0.255. The van der Waals surface area contributed by atoms with Crippen LogP contribution in [-0.2, 0) is 4.79 Å². The molecule has 2 nitrogen and oxygen atoms in total. The summed E-state index contributed by atoms with van der Waals surface area (Å²) in [4.78, 5) is 10.3. The molecule has 0 saturated heterocycles. The van der Waals surface area contributed by atoms with Crippen molar-refractivity contribution in [1.29, 1.82) is 0 Å². The maximum Gasteiger partial charge on any atom is 0.303 e. The second-order valence-electron chi connectivity index (χ2n) is 6.08. The zero-order valence-electron chi connectivity index (χ0n) is 14.6. The van der Waals surface area contributed by atoms with Crippen molar-refractivity contribution in [2.24, 2.45) is 0 Å². The molecule has 0 spiro atoms. The third-order valence-electron chi connectivity index (χ3n) is 3.84. The Kier molecular flexibility index (Phi) is 17.1. The van der Waals surface area contributed by atoms with E-state index in [9.17, 15) is 4.79 Å². The lowest BCUT2D eigenvalue weighted by Crippen LogP contribution is -1.93. The summed E-state index contributed by atoms with van der Waals surface area (Å²) in [6, 6.07) is 0. The number of unbranched alkanes of at least 4 members (excludes halogenated alkanes) is 10. The Morgan fingerprint density at radius 3 is 1.77 bits per heavy atom. The van der Waals surface area contributed by atoms with Crippen molar-refractivity contribution in [3.8, 4) is 0 Å². The zero-order chi connectivity index (χ0) is 16.3. The second kappa shape index (κ2) is 18.0. The summed E-state index contributed by atoms with van der Waals surface area (Å²) in [5.41, 5.74) is 0. The van der Waals surface area contributed by atoms with E-state index in [1.807, 2.05) is 0 Å². The first-order valence-electron chi connectivity index (χ1n) is 9.29. The van der Waals surface area contributed by atoms with E-state index in [0.29, 0.717) is 6.42 Å². The molecule has 0 bridgehead atoms. The maximum atomic E-state index is 10.3. The molecule has 0 aliphatic carbocycles. The van der Waals surface area contributed by atoms with Crippen LogP contribution in [0.15, 0.2) is 24.3 Å². The molecule has 0 heterocycles. The smallest absolute Gasteiger partial charge is 0.303 e. The SMILES string of the molecule is CCCCCCCC/C=C/C/C=C/CCCCCCC(=O)O. The molecule has 22 heavy (non-hydrogen) atoms. The fraction of sp³-hybridized carbons (Fsp3) is 0.750. The Morgan fingerprint density at radius 1 is 0.727 bits per heavy atom. The fourth-order valence-electron chi connectivity index (χ4n) is 2.44. The molecule has 2 heteroatoms. The molecule has 0 aromatic rings. The molecule has 0 atom stereocenters. The lowest BCUT2D eigenvalue weighted by molar-refractivity contribution is -0.137.